The number of nitrogens with two attached hydrogens (primary N) is 2. The molecular weight excluding hydrogens is 462 g/mol. The minimum Gasteiger partial charge on any atom is -0.505 e. The fraction of sp³-hybridized carbons (Fsp3) is 0.0385. The van der Waals surface area contributed by atoms with Crippen LogP contribution in [-0.4, -0.2) is 34.1 Å². The number of hydrogen-bond acceptors (Lipinski definition) is 7. The Labute approximate surface area is 204 Å². The summed E-state index contributed by atoms with van der Waals surface area (Å²) in [6.07, 6.45) is 0. The second-order valence-corrected chi connectivity index (χ2v) is 7.78. The number of carbonyl (C=O) groups excluding carboxylic acids is 2. The number of nitrogen functional groups attached to an aromatic ring is 2. The van der Waals surface area contributed by atoms with Gasteiger partial charge < -0.3 is 36.6 Å². The zero-order valence-electron chi connectivity index (χ0n) is 19.2. The molecule has 36 heavy (non-hydrogen) atoms. The molecule has 0 fully saturated rings. The maximum absolute atomic E-state index is 12.6. The van der Waals surface area contributed by atoms with E-state index in [1.165, 1.54) is 7.11 Å². The quantitative estimate of drug-likeness (QED) is 0.128. The summed E-state index contributed by atoms with van der Waals surface area (Å²) in [6.45, 7) is 0. The molecule has 0 aliphatic heterocycles. The topological polar surface area (TPSA) is 176 Å². The molecule has 0 saturated heterocycles. The van der Waals surface area contributed by atoms with Crippen molar-refractivity contribution in [1.82, 2.24) is 9.97 Å². The summed E-state index contributed by atoms with van der Waals surface area (Å²) in [4.78, 5) is 40.1. The number of fused-ring (bicyclic) bond motifs is 2. The summed E-state index contributed by atoms with van der Waals surface area (Å²) in [6, 6.07) is 20.6. The second-order valence-electron chi connectivity index (χ2n) is 7.78. The van der Waals surface area contributed by atoms with Crippen molar-refractivity contribution in [2.75, 3.05) is 23.9 Å². The van der Waals surface area contributed by atoms with Crippen LogP contribution in [0.5, 0.6) is 5.75 Å². The van der Waals surface area contributed by atoms with Gasteiger partial charge in [0.1, 0.15) is 0 Å². The number of hydrogen-bond donors (Lipinski definition) is 6. The van der Waals surface area contributed by atoms with E-state index in [-0.39, 0.29) is 22.7 Å². The molecule has 0 saturated carbocycles. The lowest BCUT2D eigenvalue weighted by molar-refractivity contribution is 0.0601. The van der Waals surface area contributed by atoms with Crippen LogP contribution in [0.15, 0.2) is 77.6 Å². The molecule has 1 heterocycles. The SMILES string of the molecule is COC(=O)c1ccccc1N.Nc1c(O)c(C(=O)Nc2ccc3[nH]c(=O)[nH]c3c2)cc2ccccc12. The van der Waals surface area contributed by atoms with Crippen LogP contribution < -0.4 is 22.5 Å². The fourth-order valence-corrected chi connectivity index (χ4v) is 3.64. The van der Waals surface area contributed by atoms with Gasteiger partial charge in [0.15, 0.2) is 5.75 Å². The largest absolute Gasteiger partial charge is 0.505 e. The van der Waals surface area contributed by atoms with Gasteiger partial charge >= 0.3 is 11.7 Å². The van der Waals surface area contributed by atoms with Gasteiger partial charge in [-0.25, -0.2) is 9.59 Å². The van der Waals surface area contributed by atoms with Crippen LogP contribution in [0.25, 0.3) is 21.8 Å². The molecule has 1 amide bonds. The van der Waals surface area contributed by atoms with Gasteiger partial charge in [0.25, 0.3) is 5.91 Å². The molecule has 10 heteroatoms. The van der Waals surface area contributed by atoms with E-state index in [0.717, 1.165) is 5.39 Å². The van der Waals surface area contributed by atoms with E-state index >= 15 is 0 Å². The number of aromatic nitrogens is 2. The number of aromatic amines is 2. The predicted octanol–water partition coefficient (Wildman–Crippen LogP) is 3.60. The van der Waals surface area contributed by atoms with Crippen molar-refractivity contribution < 1.29 is 19.4 Å². The molecule has 0 unspecified atom stereocenters. The first kappa shape index (κ1) is 23.9. The van der Waals surface area contributed by atoms with Crippen LogP contribution >= 0.6 is 0 Å². The number of phenolic OH excluding ortho intramolecular Hbond substituents is 1. The lowest BCUT2D eigenvalue weighted by atomic mass is 10.0. The number of benzene rings is 4. The summed E-state index contributed by atoms with van der Waals surface area (Å²) >= 11 is 0. The summed E-state index contributed by atoms with van der Waals surface area (Å²) in [5.74, 6) is -1.15. The van der Waals surface area contributed by atoms with Gasteiger partial charge in [-0.3, -0.25) is 4.79 Å². The van der Waals surface area contributed by atoms with Gasteiger partial charge in [0.05, 0.1) is 35.0 Å². The second kappa shape index (κ2) is 9.94. The molecule has 10 nitrogen and oxygen atoms in total. The summed E-state index contributed by atoms with van der Waals surface area (Å²) < 4.78 is 4.50. The van der Waals surface area contributed by atoms with Crippen molar-refractivity contribution in [3.05, 3.63) is 94.4 Å². The molecule has 0 bridgehead atoms. The lowest BCUT2D eigenvalue weighted by Gasteiger charge is -2.11. The van der Waals surface area contributed by atoms with Gasteiger partial charge in [-0.05, 0) is 41.8 Å². The molecule has 4 aromatic carbocycles. The highest BCUT2D eigenvalue weighted by atomic mass is 16.5. The monoisotopic (exact) mass is 485 g/mol. The highest BCUT2D eigenvalue weighted by Crippen LogP contribution is 2.34. The third-order valence-electron chi connectivity index (χ3n) is 5.45. The number of ether oxygens (including phenoxy) is 1. The molecular formula is C26H23N5O5. The first-order valence-corrected chi connectivity index (χ1v) is 10.7. The molecule has 1 aromatic heterocycles. The van der Waals surface area contributed by atoms with E-state index in [1.807, 2.05) is 18.2 Å². The number of carbonyl (C=O) groups is 2. The van der Waals surface area contributed by atoms with E-state index in [1.54, 1.807) is 54.6 Å². The van der Waals surface area contributed by atoms with Crippen LogP contribution in [0.4, 0.5) is 17.1 Å². The predicted molar refractivity (Wildman–Crippen MR) is 139 cm³/mol. The molecule has 182 valence electrons. The van der Waals surface area contributed by atoms with Crippen molar-refractivity contribution in [3.8, 4) is 5.75 Å². The van der Waals surface area contributed by atoms with Gasteiger partial charge in [0.2, 0.25) is 0 Å². The number of nitrogens with one attached hydrogen (secondary N) is 3. The molecule has 8 N–H and O–H groups in total. The summed E-state index contributed by atoms with van der Waals surface area (Å²) in [7, 11) is 1.33. The third kappa shape index (κ3) is 4.82. The van der Waals surface area contributed by atoms with E-state index in [4.69, 9.17) is 11.5 Å². The number of phenols is 1. The molecule has 0 aliphatic rings. The Morgan fingerprint density at radius 1 is 0.889 bits per heavy atom. The van der Waals surface area contributed by atoms with Crippen molar-refractivity contribution in [1.29, 1.82) is 0 Å². The van der Waals surface area contributed by atoms with Crippen LogP contribution in [0, 0.1) is 0 Å². The Bertz CT molecular complexity index is 1650. The molecule has 0 spiro atoms. The highest BCUT2D eigenvalue weighted by Gasteiger charge is 2.17. The minimum absolute atomic E-state index is 0.0823. The lowest BCUT2D eigenvalue weighted by Crippen LogP contribution is -2.12. The molecule has 5 rings (SSSR count). The van der Waals surface area contributed by atoms with E-state index < -0.39 is 11.9 Å². The smallest absolute Gasteiger partial charge is 0.339 e. The van der Waals surface area contributed by atoms with Gasteiger partial charge in [0, 0.05) is 16.8 Å². The van der Waals surface area contributed by atoms with Crippen LogP contribution in [0.2, 0.25) is 0 Å². The maximum atomic E-state index is 12.6. The van der Waals surface area contributed by atoms with Gasteiger partial charge in [-0.2, -0.15) is 0 Å². The van der Waals surface area contributed by atoms with Crippen molar-refractivity contribution in [3.63, 3.8) is 0 Å². The van der Waals surface area contributed by atoms with E-state index in [0.29, 0.717) is 33.4 Å². The summed E-state index contributed by atoms with van der Waals surface area (Å²) in [5, 5.41) is 14.4. The Morgan fingerprint density at radius 3 is 2.33 bits per heavy atom. The Hall–Kier alpha value is -5.25. The Morgan fingerprint density at radius 2 is 1.58 bits per heavy atom. The van der Waals surface area contributed by atoms with Crippen LogP contribution in [0.3, 0.4) is 0 Å². The molecule has 5 aromatic rings. The normalized spacial score (nSPS) is 10.5. The fourth-order valence-electron chi connectivity index (χ4n) is 3.64. The summed E-state index contributed by atoms with van der Waals surface area (Å²) in [5.41, 5.74) is 13.9. The van der Waals surface area contributed by atoms with Gasteiger partial charge in [-0.1, -0.05) is 36.4 Å². The number of amides is 1. The van der Waals surface area contributed by atoms with Crippen LogP contribution in [-0.2, 0) is 4.74 Å². The van der Waals surface area contributed by atoms with Gasteiger partial charge in [-0.15, -0.1) is 0 Å². The highest BCUT2D eigenvalue weighted by molar-refractivity contribution is 6.12. The standard InChI is InChI=1S/C18H14N4O3.C8H9NO2/c19-15-11-4-2-1-3-9(11)7-12(16(15)23)17(24)20-10-5-6-13-14(8-10)22-18(25)21-13;1-11-8(10)6-4-2-3-5-7(6)9/h1-8,23H,19H2,(H,20,24)(H2,21,22,25);2-5H,9H2,1H3. The molecule has 0 aliphatic carbocycles. The minimum atomic E-state index is -0.493. The Kier molecular flexibility index (Phi) is 6.59. The number of rotatable bonds is 3. The average molecular weight is 486 g/mol. The number of imidazole rings is 1. The van der Waals surface area contributed by atoms with Crippen molar-refractivity contribution in [2.24, 2.45) is 0 Å². The number of methoxy groups -OCH3 is 1. The zero-order chi connectivity index (χ0) is 25.8. The third-order valence-corrected chi connectivity index (χ3v) is 5.45. The molecule has 0 radical (unpaired) electrons. The Balaban J connectivity index is 0.000000233. The number of esters is 1. The number of aromatic hydroxyl groups is 1. The average Bonchev–Trinajstić information content (AvgIpc) is 3.25. The van der Waals surface area contributed by atoms with Crippen molar-refractivity contribution >= 4 is 50.7 Å². The number of H-pyrrole nitrogens is 2. The zero-order valence-corrected chi connectivity index (χ0v) is 19.2. The van der Waals surface area contributed by atoms with E-state index in [2.05, 4.69) is 20.0 Å². The number of para-hydroxylation sites is 1. The maximum Gasteiger partial charge on any atom is 0.339 e. The number of anilines is 3. The first-order chi connectivity index (χ1) is 17.3. The van der Waals surface area contributed by atoms with E-state index in [9.17, 15) is 19.5 Å². The molecule has 0 atom stereocenters. The van der Waals surface area contributed by atoms with Crippen LogP contribution in [0.1, 0.15) is 20.7 Å². The first-order valence-electron chi connectivity index (χ1n) is 10.7. The van der Waals surface area contributed by atoms with Crippen molar-refractivity contribution in [2.45, 2.75) is 0 Å².